The van der Waals surface area contributed by atoms with E-state index in [4.69, 9.17) is 9.47 Å². The van der Waals surface area contributed by atoms with Crippen LogP contribution >= 0.6 is 0 Å². The third-order valence-electron chi connectivity index (χ3n) is 6.56. The number of hydrogen-bond donors (Lipinski definition) is 2. The minimum Gasteiger partial charge on any atom is -0.493 e. The van der Waals surface area contributed by atoms with E-state index in [1.165, 1.54) is 5.56 Å². The van der Waals surface area contributed by atoms with Crippen molar-refractivity contribution in [1.82, 2.24) is 0 Å². The fourth-order valence-electron chi connectivity index (χ4n) is 4.93. The molecule has 0 amide bonds. The summed E-state index contributed by atoms with van der Waals surface area (Å²) >= 11 is 0. The Morgan fingerprint density at radius 1 is 0.818 bits per heavy atom. The predicted octanol–water partition coefficient (Wildman–Crippen LogP) is 5.99. The molecule has 0 saturated carbocycles. The number of fused-ring (bicyclic) bond motifs is 1. The first-order chi connectivity index (χ1) is 16.1. The second-order valence-corrected chi connectivity index (χ2v) is 8.70. The summed E-state index contributed by atoms with van der Waals surface area (Å²) in [6.45, 7) is 2.08. The number of carbonyl (C=O) groups excluding carboxylic acids is 1. The van der Waals surface area contributed by atoms with Crippen LogP contribution in [0.3, 0.4) is 0 Å². The minimum atomic E-state index is -0.199. The Labute approximate surface area is 194 Å². The molecule has 2 aliphatic rings. The van der Waals surface area contributed by atoms with Crippen LogP contribution in [-0.2, 0) is 4.79 Å². The number of hydrogen-bond acceptors (Lipinski definition) is 5. The number of ether oxygens (including phenoxy) is 2. The maximum atomic E-state index is 13.7. The van der Waals surface area contributed by atoms with Crippen molar-refractivity contribution < 1.29 is 14.3 Å². The smallest absolute Gasteiger partial charge is 0.163 e. The van der Waals surface area contributed by atoms with E-state index in [2.05, 4.69) is 54.0 Å². The summed E-state index contributed by atoms with van der Waals surface area (Å²) in [7, 11) is 3.26. The molecule has 5 rings (SSSR count). The molecular formula is C28H28N2O3. The first-order valence-corrected chi connectivity index (χ1v) is 11.2. The van der Waals surface area contributed by atoms with Crippen LogP contribution in [0.5, 0.6) is 11.5 Å². The molecule has 5 heteroatoms. The number of para-hydroxylation sites is 2. The number of Topliss-reactive ketones (excluding diaryl/α,β-unsaturated/α-hetero) is 1. The Bertz CT molecular complexity index is 1250. The standard InChI is InChI=1S/C28H28N2O3/c1-17-7-6-8-19(13-17)28-27-23(29-21-9-4-5-10-22(21)30-28)14-20(15-24(27)31)18-11-12-25(32-2)26(16-18)33-3/h4-13,16,20,28-30H,14-15H2,1-3H3/t20-,28+/m1/s1. The van der Waals surface area contributed by atoms with Gasteiger partial charge in [0.15, 0.2) is 17.3 Å². The van der Waals surface area contributed by atoms with E-state index < -0.39 is 0 Å². The number of carbonyl (C=O) groups is 1. The van der Waals surface area contributed by atoms with Gasteiger partial charge in [-0.15, -0.1) is 0 Å². The highest BCUT2D eigenvalue weighted by atomic mass is 16.5. The lowest BCUT2D eigenvalue weighted by molar-refractivity contribution is -0.116. The average molecular weight is 441 g/mol. The van der Waals surface area contributed by atoms with E-state index in [9.17, 15) is 4.79 Å². The van der Waals surface area contributed by atoms with Crippen molar-refractivity contribution in [2.24, 2.45) is 0 Å². The molecule has 2 N–H and O–H groups in total. The number of methoxy groups -OCH3 is 2. The van der Waals surface area contributed by atoms with E-state index >= 15 is 0 Å². The Morgan fingerprint density at radius 2 is 1.61 bits per heavy atom. The number of anilines is 2. The van der Waals surface area contributed by atoms with Gasteiger partial charge in [0.1, 0.15) is 0 Å². The van der Waals surface area contributed by atoms with Gasteiger partial charge in [0.05, 0.1) is 31.6 Å². The summed E-state index contributed by atoms with van der Waals surface area (Å²) in [5.41, 5.74) is 7.14. The van der Waals surface area contributed by atoms with Crippen LogP contribution in [0.2, 0.25) is 0 Å². The van der Waals surface area contributed by atoms with Crippen molar-refractivity contribution in [3.8, 4) is 11.5 Å². The summed E-state index contributed by atoms with van der Waals surface area (Å²) in [4.78, 5) is 13.7. The second kappa shape index (κ2) is 8.66. The van der Waals surface area contributed by atoms with E-state index in [-0.39, 0.29) is 17.7 Å². The molecule has 3 aromatic carbocycles. The molecule has 1 aliphatic carbocycles. The molecule has 0 bridgehead atoms. The van der Waals surface area contributed by atoms with Crippen molar-refractivity contribution >= 4 is 17.2 Å². The normalized spacial score (nSPS) is 19.5. The Kier molecular flexibility index (Phi) is 5.55. The van der Waals surface area contributed by atoms with Crippen molar-refractivity contribution in [2.75, 3.05) is 24.9 Å². The zero-order chi connectivity index (χ0) is 22.9. The summed E-state index contributed by atoms with van der Waals surface area (Å²) in [6, 6.07) is 22.3. The minimum absolute atomic E-state index is 0.0620. The molecule has 0 spiro atoms. The lowest BCUT2D eigenvalue weighted by atomic mass is 9.78. The van der Waals surface area contributed by atoms with Crippen LogP contribution in [0.15, 0.2) is 78.0 Å². The van der Waals surface area contributed by atoms with Gasteiger partial charge in [-0.1, -0.05) is 48.0 Å². The SMILES string of the molecule is COc1ccc([C@H]2CC(=O)C3=C(C2)Nc2ccccc2N[C@H]3c2cccc(C)c2)cc1OC. The zero-order valence-corrected chi connectivity index (χ0v) is 19.1. The van der Waals surface area contributed by atoms with E-state index in [0.29, 0.717) is 17.9 Å². The maximum absolute atomic E-state index is 13.7. The van der Waals surface area contributed by atoms with Gasteiger partial charge < -0.3 is 20.1 Å². The number of nitrogens with one attached hydrogen (secondary N) is 2. The van der Waals surface area contributed by atoms with Crippen molar-refractivity contribution in [2.45, 2.75) is 31.7 Å². The van der Waals surface area contributed by atoms with Gasteiger partial charge in [-0.3, -0.25) is 4.79 Å². The van der Waals surface area contributed by atoms with Gasteiger partial charge in [-0.2, -0.15) is 0 Å². The number of rotatable bonds is 4. The summed E-state index contributed by atoms with van der Waals surface area (Å²) in [5.74, 6) is 1.59. The molecule has 0 aromatic heterocycles. The van der Waals surface area contributed by atoms with Crippen molar-refractivity contribution in [3.05, 3.63) is 94.7 Å². The van der Waals surface area contributed by atoms with Crippen molar-refractivity contribution in [3.63, 3.8) is 0 Å². The molecular weight excluding hydrogens is 412 g/mol. The van der Waals surface area contributed by atoms with Gasteiger partial charge in [-0.25, -0.2) is 0 Å². The highest BCUT2D eigenvalue weighted by molar-refractivity contribution is 6.01. The fourth-order valence-corrected chi connectivity index (χ4v) is 4.93. The summed E-state index contributed by atoms with van der Waals surface area (Å²) < 4.78 is 10.9. The molecule has 3 aromatic rings. The molecule has 0 radical (unpaired) electrons. The monoisotopic (exact) mass is 440 g/mol. The molecule has 0 fully saturated rings. The predicted molar refractivity (Wildman–Crippen MR) is 131 cm³/mol. The summed E-state index contributed by atoms with van der Waals surface area (Å²) in [6.07, 6.45) is 1.20. The van der Waals surface area contributed by atoms with Crippen LogP contribution in [0, 0.1) is 6.92 Å². The van der Waals surface area contributed by atoms with E-state index in [1.54, 1.807) is 14.2 Å². The van der Waals surface area contributed by atoms with Crippen LogP contribution in [-0.4, -0.2) is 20.0 Å². The number of allylic oxidation sites excluding steroid dienone is 1. The first-order valence-electron chi connectivity index (χ1n) is 11.2. The fraction of sp³-hybridized carbons (Fsp3) is 0.250. The highest BCUT2D eigenvalue weighted by Crippen LogP contribution is 2.45. The number of benzene rings is 3. The number of aryl methyl sites for hydroxylation is 1. The van der Waals surface area contributed by atoms with E-state index in [1.807, 2.05) is 30.3 Å². The quantitative estimate of drug-likeness (QED) is 0.522. The van der Waals surface area contributed by atoms with Gasteiger partial charge in [0, 0.05) is 17.7 Å². The largest absolute Gasteiger partial charge is 0.493 e. The zero-order valence-electron chi connectivity index (χ0n) is 19.1. The topological polar surface area (TPSA) is 59.6 Å². The average Bonchev–Trinajstić information content (AvgIpc) is 3.00. The maximum Gasteiger partial charge on any atom is 0.163 e. The van der Waals surface area contributed by atoms with Gasteiger partial charge in [0.2, 0.25) is 0 Å². The van der Waals surface area contributed by atoms with Gasteiger partial charge in [0.25, 0.3) is 0 Å². The molecule has 2 atom stereocenters. The number of ketones is 1. The van der Waals surface area contributed by atoms with Crippen molar-refractivity contribution in [1.29, 1.82) is 0 Å². The van der Waals surface area contributed by atoms with E-state index in [0.717, 1.165) is 40.2 Å². The van der Waals surface area contributed by atoms with Crippen LogP contribution in [0.4, 0.5) is 11.4 Å². The Morgan fingerprint density at radius 3 is 2.36 bits per heavy atom. The Balaban J connectivity index is 1.58. The molecule has 168 valence electrons. The second-order valence-electron chi connectivity index (χ2n) is 8.70. The third-order valence-corrected chi connectivity index (χ3v) is 6.56. The Hall–Kier alpha value is -3.73. The molecule has 5 nitrogen and oxygen atoms in total. The molecule has 0 saturated heterocycles. The van der Waals surface area contributed by atoms with Gasteiger partial charge >= 0.3 is 0 Å². The third kappa shape index (κ3) is 3.95. The molecule has 33 heavy (non-hydrogen) atoms. The molecule has 0 unspecified atom stereocenters. The summed E-state index contributed by atoms with van der Waals surface area (Å²) in [5, 5.41) is 7.24. The van der Waals surface area contributed by atoms with Crippen LogP contribution < -0.4 is 20.1 Å². The molecule has 1 aliphatic heterocycles. The lowest BCUT2D eigenvalue weighted by Gasteiger charge is -2.30. The first kappa shape index (κ1) is 21.1. The van der Waals surface area contributed by atoms with Crippen LogP contribution in [0.25, 0.3) is 0 Å². The highest BCUT2D eigenvalue weighted by Gasteiger charge is 2.36. The van der Waals surface area contributed by atoms with Gasteiger partial charge in [-0.05, 0) is 54.7 Å². The van der Waals surface area contributed by atoms with Crippen LogP contribution in [0.1, 0.15) is 41.5 Å². The lowest BCUT2D eigenvalue weighted by Crippen LogP contribution is -2.27. The molecule has 1 heterocycles.